The molecule has 0 saturated carbocycles. The lowest BCUT2D eigenvalue weighted by molar-refractivity contribution is 0.477. The molecule has 0 aliphatic heterocycles. The number of hydrogen-bond acceptors (Lipinski definition) is 4. The van der Waals surface area contributed by atoms with Crippen LogP contribution in [-0.4, -0.2) is 4.98 Å². The average Bonchev–Trinajstić information content (AvgIpc) is 2.40. The van der Waals surface area contributed by atoms with Crippen LogP contribution in [0.2, 0.25) is 0 Å². The van der Waals surface area contributed by atoms with Crippen LogP contribution in [0.15, 0.2) is 42.7 Å². The van der Waals surface area contributed by atoms with Gasteiger partial charge in [0.05, 0.1) is 17.3 Å². The van der Waals surface area contributed by atoms with Gasteiger partial charge in [-0.1, -0.05) is 12.1 Å². The second kappa shape index (κ2) is 4.78. The molecule has 0 saturated heterocycles. The van der Waals surface area contributed by atoms with E-state index in [-0.39, 0.29) is 0 Å². The third-order valence-corrected chi connectivity index (χ3v) is 2.13. The van der Waals surface area contributed by atoms with Gasteiger partial charge in [-0.15, -0.1) is 0 Å². The molecule has 0 spiro atoms. The summed E-state index contributed by atoms with van der Waals surface area (Å²) in [7, 11) is 0. The maximum atomic E-state index is 8.91. The topological polar surface area (TPSA) is 69.7 Å². The van der Waals surface area contributed by atoms with Gasteiger partial charge in [0.25, 0.3) is 0 Å². The van der Waals surface area contributed by atoms with Crippen LogP contribution >= 0.6 is 0 Å². The summed E-state index contributed by atoms with van der Waals surface area (Å²) in [6, 6.07) is 12.4. The molecule has 0 fully saturated rings. The molecular weight excluding hydrogens is 214 g/mol. The van der Waals surface area contributed by atoms with Crippen LogP contribution in [-0.2, 0) is 0 Å². The van der Waals surface area contributed by atoms with Crippen LogP contribution in [0.25, 0.3) is 0 Å². The normalized spacial score (nSPS) is 9.06. The summed E-state index contributed by atoms with van der Waals surface area (Å²) in [4.78, 5) is 3.89. The summed E-state index contributed by atoms with van der Waals surface area (Å²) in [5.41, 5.74) is 0.799. The summed E-state index contributed by atoms with van der Waals surface area (Å²) in [6.45, 7) is 0. The minimum absolute atomic E-state index is 0.345. The van der Waals surface area contributed by atoms with E-state index in [2.05, 4.69) is 4.98 Å². The zero-order valence-electron chi connectivity index (χ0n) is 8.79. The highest BCUT2D eigenvalue weighted by Crippen LogP contribution is 2.26. The Morgan fingerprint density at radius 2 is 1.65 bits per heavy atom. The largest absolute Gasteiger partial charge is 0.453 e. The van der Waals surface area contributed by atoms with Crippen molar-refractivity contribution in [2.75, 3.05) is 0 Å². The third-order valence-electron chi connectivity index (χ3n) is 2.13. The number of benzene rings is 1. The molecule has 4 heteroatoms. The van der Waals surface area contributed by atoms with E-state index in [1.807, 2.05) is 12.1 Å². The first-order chi connectivity index (χ1) is 8.35. The maximum Gasteiger partial charge on any atom is 0.163 e. The van der Waals surface area contributed by atoms with Gasteiger partial charge in [-0.2, -0.15) is 10.5 Å². The number of nitrogens with zero attached hydrogens (tertiary/aromatic N) is 3. The molecule has 0 unspecified atom stereocenters. The van der Waals surface area contributed by atoms with Crippen LogP contribution < -0.4 is 4.74 Å². The molecule has 0 amide bonds. The number of pyridine rings is 1. The lowest BCUT2D eigenvalue weighted by Crippen LogP contribution is -1.91. The van der Waals surface area contributed by atoms with Crippen molar-refractivity contribution >= 4 is 0 Å². The van der Waals surface area contributed by atoms with Gasteiger partial charge in [-0.25, -0.2) is 0 Å². The summed E-state index contributed by atoms with van der Waals surface area (Å²) < 4.78 is 5.51. The number of rotatable bonds is 2. The Morgan fingerprint density at radius 1 is 0.941 bits per heavy atom. The van der Waals surface area contributed by atoms with Gasteiger partial charge >= 0.3 is 0 Å². The summed E-state index contributed by atoms with van der Waals surface area (Å²) in [5, 5.41) is 17.8. The number of hydrogen-bond donors (Lipinski definition) is 0. The second-order valence-corrected chi connectivity index (χ2v) is 3.19. The first kappa shape index (κ1) is 10.7. The summed E-state index contributed by atoms with van der Waals surface area (Å²) >= 11 is 0. The van der Waals surface area contributed by atoms with E-state index in [4.69, 9.17) is 15.3 Å². The molecule has 1 aromatic carbocycles. The van der Waals surface area contributed by atoms with Gasteiger partial charge in [0.1, 0.15) is 17.9 Å². The van der Waals surface area contributed by atoms with E-state index in [9.17, 15) is 0 Å². The molecule has 2 rings (SSSR count). The zero-order chi connectivity index (χ0) is 12.1. The third kappa shape index (κ3) is 2.22. The van der Waals surface area contributed by atoms with E-state index < -0.39 is 0 Å². The van der Waals surface area contributed by atoms with Gasteiger partial charge < -0.3 is 4.74 Å². The molecular formula is C13H7N3O. The molecule has 17 heavy (non-hydrogen) atoms. The van der Waals surface area contributed by atoms with Crippen molar-refractivity contribution in [1.29, 1.82) is 10.5 Å². The van der Waals surface area contributed by atoms with Gasteiger partial charge in [0.15, 0.2) is 5.75 Å². The fourth-order valence-corrected chi connectivity index (χ4v) is 1.32. The Morgan fingerprint density at radius 3 is 2.41 bits per heavy atom. The predicted molar refractivity (Wildman–Crippen MR) is 60.2 cm³/mol. The first-order valence-electron chi connectivity index (χ1n) is 4.86. The Kier molecular flexibility index (Phi) is 3.00. The predicted octanol–water partition coefficient (Wildman–Crippen LogP) is 2.62. The molecule has 1 heterocycles. The number of nitriles is 2. The van der Waals surface area contributed by atoms with Gasteiger partial charge in [-0.05, 0) is 18.2 Å². The monoisotopic (exact) mass is 221 g/mol. The SMILES string of the molecule is N#Cc1ccccc1Oc1cnccc1C#N. The minimum Gasteiger partial charge on any atom is -0.453 e. The Balaban J connectivity index is 2.40. The molecule has 80 valence electrons. The molecule has 2 aromatic rings. The average molecular weight is 221 g/mol. The maximum absolute atomic E-state index is 8.91. The number of para-hydroxylation sites is 1. The van der Waals surface area contributed by atoms with E-state index in [0.717, 1.165) is 0 Å². The lowest BCUT2D eigenvalue weighted by atomic mass is 10.2. The Bertz CT molecular complexity index is 568. The fourth-order valence-electron chi connectivity index (χ4n) is 1.32. The van der Waals surface area contributed by atoms with Gasteiger partial charge in [0, 0.05) is 6.20 Å². The number of aromatic nitrogens is 1. The smallest absolute Gasteiger partial charge is 0.163 e. The lowest BCUT2D eigenvalue weighted by Gasteiger charge is -2.07. The summed E-state index contributed by atoms with van der Waals surface area (Å²) in [5.74, 6) is 0.761. The van der Waals surface area contributed by atoms with E-state index in [0.29, 0.717) is 22.6 Å². The Labute approximate surface area is 98.3 Å². The highest BCUT2D eigenvalue weighted by molar-refractivity contribution is 5.48. The molecule has 0 atom stereocenters. The summed E-state index contributed by atoms with van der Waals surface area (Å²) in [6.07, 6.45) is 2.97. The molecule has 0 radical (unpaired) electrons. The van der Waals surface area contributed by atoms with Crippen LogP contribution in [0.3, 0.4) is 0 Å². The van der Waals surface area contributed by atoms with Crippen molar-refractivity contribution in [2.24, 2.45) is 0 Å². The van der Waals surface area contributed by atoms with Crippen molar-refractivity contribution in [3.8, 4) is 23.6 Å². The molecule has 0 N–H and O–H groups in total. The van der Waals surface area contributed by atoms with Crippen molar-refractivity contribution in [3.05, 3.63) is 53.9 Å². The van der Waals surface area contributed by atoms with Crippen LogP contribution in [0.4, 0.5) is 0 Å². The van der Waals surface area contributed by atoms with Crippen molar-refractivity contribution < 1.29 is 4.74 Å². The van der Waals surface area contributed by atoms with E-state index >= 15 is 0 Å². The molecule has 0 bridgehead atoms. The van der Waals surface area contributed by atoms with Crippen molar-refractivity contribution in [2.45, 2.75) is 0 Å². The Hall–Kier alpha value is -2.85. The van der Waals surface area contributed by atoms with Crippen LogP contribution in [0.5, 0.6) is 11.5 Å². The van der Waals surface area contributed by atoms with Gasteiger partial charge in [0.2, 0.25) is 0 Å². The fraction of sp³-hybridized carbons (Fsp3) is 0. The standard InChI is InChI=1S/C13H7N3O/c14-7-10-3-1-2-4-12(10)17-13-9-16-6-5-11(13)8-15/h1-6,9H. The highest BCUT2D eigenvalue weighted by atomic mass is 16.5. The van der Waals surface area contributed by atoms with E-state index in [1.165, 1.54) is 12.4 Å². The molecule has 0 aliphatic carbocycles. The molecule has 0 aliphatic rings. The highest BCUT2D eigenvalue weighted by Gasteiger charge is 2.07. The quantitative estimate of drug-likeness (QED) is 0.781. The molecule has 4 nitrogen and oxygen atoms in total. The first-order valence-corrected chi connectivity index (χ1v) is 4.86. The van der Waals surface area contributed by atoms with Crippen LogP contribution in [0.1, 0.15) is 11.1 Å². The molecule has 1 aromatic heterocycles. The number of ether oxygens (including phenoxy) is 1. The van der Waals surface area contributed by atoms with Crippen molar-refractivity contribution in [1.82, 2.24) is 4.98 Å². The van der Waals surface area contributed by atoms with Crippen molar-refractivity contribution in [3.63, 3.8) is 0 Å². The van der Waals surface area contributed by atoms with E-state index in [1.54, 1.807) is 30.3 Å². The minimum atomic E-state index is 0.345. The second-order valence-electron chi connectivity index (χ2n) is 3.19. The van der Waals surface area contributed by atoms with Crippen LogP contribution in [0, 0.1) is 22.7 Å². The van der Waals surface area contributed by atoms with Gasteiger partial charge in [-0.3, -0.25) is 4.98 Å². The zero-order valence-corrected chi connectivity index (χ0v) is 8.79.